The van der Waals surface area contributed by atoms with Crippen molar-refractivity contribution in [2.24, 2.45) is 0 Å². The topological polar surface area (TPSA) is 92.5 Å². The summed E-state index contributed by atoms with van der Waals surface area (Å²) in [6.07, 6.45) is -0.588. The van der Waals surface area contributed by atoms with Crippen LogP contribution in [0.1, 0.15) is 22.3 Å². The van der Waals surface area contributed by atoms with Crippen LogP contribution >= 0.6 is 0 Å². The number of carbonyl (C=O) groups excluding carboxylic acids is 3. The van der Waals surface area contributed by atoms with Crippen molar-refractivity contribution in [1.29, 1.82) is 0 Å². The van der Waals surface area contributed by atoms with E-state index in [1.54, 1.807) is 0 Å². The third kappa shape index (κ3) is 2.12. The molecular formula is C13H7B5FN3O3. The van der Waals surface area contributed by atoms with Crippen molar-refractivity contribution in [2.45, 2.75) is 22.4 Å². The second-order valence-corrected chi connectivity index (χ2v) is 6.24. The number of hydrogen-bond acceptors (Lipinski definition) is 4. The molecule has 0 aliphatic carbocycles. The normalized spacial score (nSPS) is 27.1. The van der Waals surface area contributed by atoms with Gasteiger partial charge in [0.15, 0.2) is 0 Å². The second kappa shape index (κ2) is 4.96. The van der Waals surface area contributed by atoms with Crippen LogP contribution in [0, 0.1) is 5.82 Å². The van der Waals surface area contributed by atoms with Gasteiger partial charge in [-0.15, -0.1) is 0 Å². The lowest BCUT2D eigenvalue weighted by molar-refractivity contribution is -0.140. The Morgan fingerprint density at radius 3 is 2.28 bits per heavy atom. The molecule has 1 fully saturated rings. The number of nitrogen functional groups attached to an aromatic ring is 1. The molecule has 2 aliphatic heterocycles. The molecule has 12 heteroatoms. The molecule has 6 nitrogen and oxygen atoms in total. The highest BCUT2D eigenvalue weighted by Crippen LogP contribution is 2.50. The molecular weight excluding hydrogens is 319 g/mol. The summed E-state index contributed by atoms with van der Waals surface area (Å²) in [6, 6.07) is 1.77. The lowest BCUT2D eigenvalue weighted by Crippen LogP contribution is -2.74. The molecule has 1 aromatic carbocycles. The molecule has 1 atom stereocenters. The maximum absolute atomic E-state index is 13.7. The van der Waals surface area contributed by atoms with Gasteiger partial charge in [-0.3, -0.25) is 19.7 Å². The van der Waals surface area contributed by atoms with E-state index in [2.05, 4.69) is 0 Å². The third-order valence-corrected chi connectivity index (χ3v) is 4.45. The number of benzene rings is 1. The van der Waals surface area contributed by atoms with Gasteiger partial charge >= 0.3 is 0 Å². The van der Waals surface area contributed by atoms with E-state index in [0.717, 1.165) is 12.1 Å². The summed E-state index contributed by atoms with van der Waals surface area (Å²) in [5, 5.41) is -2.47. The van der Waals surface area contributed by atoms with Gasteiger partial charge in [-0.2, -0.15) is 0 Å². The summed E-state index contributed by atoms with van der Waals surface area (Å²) >= 11 is 0. The van der Waals surface area contributed by atoms with Crippen molar-refractivity contribution in [3.05, 3.63) is 29.1 Å². The van der Waals surface area contributed by atoms with Crippen molar-refractivity contribution < 1.29 is 18.8 Å². The summed E-state index contributed by atoms with van der Waals surface area (Å²) in [7, 11) is 29.9. The number of rotatable bonds is 1. The minimum absolute atomic E-state index is 0.135. The summed E-state index contributed by atoms with van der Waals surface area (Å²) in [5.41, 5.74) is 2.60. The zero-order valence-electron chi connectivity index (χ0n) is 12.9. The van der Waals surface area contributed by atoms with E-state index in [0.29, 0.717) is 4.90 Å². The molecule has 0 saturated carbocycles. The molecule has 114 valence electrons. The molecule has 2 aliphatic rings. The van der Waals surface area contributed by atoms with E-state index >= 15 is 0 Å². The van der Waals surface area contributed by atoms with Crippen LogP contribution in [0.2, 0.25) is 5.21 Å². The number of halogens is 1. The van der Waals surface area contributed by atoms with Crippen molar-refractivity contribution in [1.82, 2.24) is 10.2 Å². The minimum Gasteiger partial charge on any atom is -0.398 e. The van der Waals surface area contributed by atoms with Crippen LogP contribution < -0.4 is 11.1 Å². The Balaban J connectivity index is 2.25. The van der Waals surface area contributed by atoms with Crippen LogP contribution in [0.25, 0.3) is 0 Å². The lowest BCUT2D eigenvalue weighted by Gasteiger charge is -2.57. The number of anilines is 1. The summed E-state index contributed by atoms with van der Waals surface area (Å²) in [4.78, 5) is 37.4. The van der Waals surface area contributed by atoms with Crippen LogP contribution in [0.15, 0.2) is 12.1 Å². The van der Waals surface area contributed by atoms with Gasteiger partial charge in [0.2, 0.25) is 11.8 Å². The molecule has 0 spiro atoms. The molecule has 1 saturated heterocycles. The number of hydrogen-bond donors (Lipinski definition) is 2. The van der Waals surface area contributed by atoms with Crippen LogP contribution in [0.4, 0.5) is 10.1 Å². The van der Waals surface area contributed by atoms with Crippen LogP contribution in [0.3, 0.4) is 0 Å². The zero-order chi connectivity index (χ0) is 18.9. The smallest absolute Gasteiger partial charge is 0.253 e. The fourth-order valence-electron chi connectivity index (χ4n) is 3.28. The first-order chi connectivity index (χ1) is 11.3. The predicted octanol–water partition coefficient (Wildman–Crippen LogP) is -2.32. The number of nitrogens with zero attached hydrogens (tertiary/aromatic N) is 1. The van der Waals surface area contributed by atoms with Gasteiger partial charge in [0.25, 0.3) is 5.91 Å². The van der Waals surface area contributed by atoms with Gasteiger partial charge in [0.05, 0.1) is 36.8 Å². The number of imide groups is 1. The maximum Gasteiger partial charge on any atom is 0.253 e. The third-order valence-electron chi connectivity index (χ3n) is 4.45. The zero-order valence-corrected chi connectivity index (χ0v) is 12.9. The SMILES string of the molecule is [B]C1([B])c2c(N)cc(F)cc2C(=O)N1[C@]1([B])C(=O)NC(=O)CC1([B])[B]. The van der Waals surface area contributed by atoms with E-state index in [4.69, 9.17) is 45.0 Å². The van der Waals surface area contributed by atoms with Crippen molar-refractivity contribution in [3.8, 4) is 0 Å². The molecule has 10 radical (unpaired) electrons. The number of nitrogens with one attached hydrogen (secondary N) is 1. The number of fused-ring (bicyclic) bond motifs is 1. The monoisotopic (exact) mass is 327 g/mol. The Bertz CT molecular complexity index is 846. The largest absolute Gasteiger partial charge is 0.398 e. The van der Waals surface area contributed by atoms with Gasteiger partial charge in [-0.05, 0) is 23.0 Å². The first-order valence-electron chi connectivity index (χ1n) is 7.07. The Hall–Kier alpha value is -2.12. The molecule has 0 bridgehead atoms. The number of piperidine rings is 1. The Morgan fingerprint density at radius 2 is 1.72 bits per heavy atom. The van der Waals surface area contributed by atoms with Gasteiger partial charge in [-0.1, -0.05) is 5.21 Å². The van der Waals surface area contributed by atoms with Gasteiger partial charge in [-0.25, -0.2) is 4.39 Å². The molecule has 1 aromatic rings. The molecule has 2 heterocycles. The molecule has 3 amide bonds. The Morgan fingerprint density at radius 1 is 1.12 bits per heavy atom. The van der Waals surface area contributed by atoms with Crippen LogP contribution in [-0.4, -0.2) is 67.3 Å². The van der Waals surface area contributed by atoms with Crippen LogP contribution in [0.5, 0.6) is 0 Å². The summed E-state index contributed by atoms with van der Waals surface area (Å²) in [5.74, 6) is -3.78. The fourth-order valence-corrected chi connectivity index (χ4v) is 3.28. The Labute approximate surface area is 149 Å². The first-order valence-corrected chi connectivity index (χ1v) is 7.07. The van der Waals surface area contributed by atoms with E-state index in [9.17, 15) is 18.8 Å². The van der Waals surface area contributed by atoms with E-state index in [-0.39, 0.29) is 16.8 Å². The molecule has 3 N–H and O–H groups in total. The fraction of sp³-hybridized carbons (Fsp3) is 0.308. The maximum atomic E-state index is 13.7. The average molecular weight is 326 g/mol. The standard InChI is InChI=1S/C13H7B5FN3O3/c14-11(15)3-7(23)21-10(25)12(11,16)22-9(24)5-1-4(19)2-6(20)8(5)13(22,17)18/h1-2H,3,20H2,(H,21,23,25)/t12-/m1/s1. The van der Waals surface area contributed by atoms with Gasteiger partial charge < -0.3 is 10.6 Å². The molecule has 0 aromatic heterocycles. The highest BCUT2D eigenvalue weighted by molar-refractivity contribution is 6.53. The van der Waals surface area contributed by atoms with Gasteiger partial charge in [0, 0.05) is 17.7 Å². The Kier molecular flexibility index (Phi) is 3.51. The molecule has 0 unspecified atom stereocenters. The van der Waals surface area contributed by atoms with E-state index in [1.807, 2.05) is 5.32 Å². The minimum atomic E-state index is -2.50. The summed E-state index contributed by atoms with van der Waals surface area (Å²) < 4.78 is 13.7. The van der Waals surface area contributed by atoms with Crippen molar-refractivity contribution in [2.75, 3.05) is 5.73 Å². The van der Waals surface area contributed by atoms with E-state index in [1.165, 1.54) is 0 Å². The van der Waals surface area contributed by atoms with Crippen molar-refractivity contribution in [3.63, 3.8) is 0 Å². The quantitative estimate of drug-likeness (QED) is 0.344. The number of carbonyl (C=O) groups is 3. The van der Waals surface area contributed by atoms with Gasteiger partial charge in [0.1, 0.15) is 13.7 Å². The lowest BCUT2D eigenvalue weighted by atomic mass is 9.35. The van der Waals surface area contributed by atoms with Crippen LogP contribution in [-0.2, 0) is 14.9 Å². The first kappa shape index (κ1) is 17.7. The number of amides is 3. The summed E-state index contributed by atoms with van der Waals surface area (Å²) in [6.45, 7) is 0. The second-order valence-electron chi connectivity index (χ2n) is 6.24. The number of nitrogens with two attached hydrogens (primary N) is 1. The highest BCUT2D eigenvalue weighted by Gasteiger charge is 2.61. The highest BCUT2D eigenvalue weighted by atomic mass is 19.1. The molecule has 25 heavy (non-hydrogen) atoms. The van der Waals surface area contributed by atoms with E-state index < -0.39 is 45.9 Å². The average Bonchev–Trinajstić information content (AvgIpc) is 2.62. The molecule has 3 rings (SSSR count). The predicted molar refractivity (Wildman–Crippen MR) is 90.6 cm³/mol. The van der Waals surface area contributed by atoms with Crippen molar-refractivity contribution >= 4 is 62.6 Å².